The minimum absolute atomic E-state index is 0.604. The molecule has 1 saturated heterocycles. The molecular weight excluding hydrogens is 208 g/mol. The van der Waals surface area contributed by atoms with Crippen LogP contribution in [0.25, 0.3) is 0 Å². The summed E-state index contributed by atoms with van der Waals surface area (Å²) in [4.78, 5) is 4.54. The lowest BCUT2D eigenvalue weighted by Crippen LogP contribution is -2.31. The lowest BCUT2D eigenvalue weighted by Gasteiger charge is -2.13. The maximum absolute atomic E-state index is 4.99. The number of amidine groups is 1. The Labute approximate surface area is 97.1 Å². The zero-order chi connectivity index (χ0) is 11.1. The largest absolute Gasteiger partial charge is 0.385 e. The predicted octanol–water partition coefficient (Wildman–Crippen LogP) is 2.13. The number of ether oxygens (including phenoxy) is 1. The second kappa shape index (κ2) is 7.12. The lowest BCUT2D eigenvalue weighted by molar-refractivity contribution is 0.193. The molecule has 0 spiro atoms. The molecule has 15 heavy (non-hydrogen) atoms. The molecule has 0 aromatic carbocycles. The summed E-state index contributed by atoms with van der Waals surface area (Å²) in [5.41, 5.74) is 0. The van der Waals surface area contributed by atoms with Crippen molar-refractivity contribution in [3.05, 3.63) is 0 Å². The quantitative estimate of drug-likeness (QED) is 0.710. The van der Waals surface area contributed by atoms with Crippen molar-refractivity contribution in [1.82, 2.24) is 5.32 Å². The van der Waals surface area contributed by atoms with Crippen LogP contribution in [-0.2, 0) is 4.74 Å². The molecule has 4 heteroatoms. The molecule has 1 heterocycles. The van der Waals surface area contributed by atoms with Crippen molar-refractivity contribution in [3.8, 4) is 0 Å². The highest BCUT2D eigenvalue weighted by molar-refractivity contribution is 8.14. The summed E-state index contributed by atoms with van der Waals surface area (Å²) in [5, 5.41) is 4.59. The normalized spacial score (nSPS) is 23.7. The van der Waals surface area contributed by atoms with Crippen LogP contribution < -0.4 is 5.32 Å². The highest BCUT2D eigenvalue weighted by atomic mass is 32.2. The van der Waals surface area contributed by atoms with Crippen molar-refractivity contribution in [1.29, 1.82) is 0 Å². The average Bonchev–Trinajstić information content (AvgIpc) is 2.66. The zero-order valence-electron chi connectivity index (χ0n) is 9.95. The predicted molar refractivity (Wildman–Crippen MR) is 67.6 cm³/mol. The number of nitrogens with one attached hydrogen (secondary N) is 1. The zero-order valence-corrected chi connectivity index (χ0v) is 10.8. The van der Waals surface area contributed by atoms with Crippen LogP contribution in [0, 0.1) is 5.92 Å². The van der Waals surface area contributed by atoms with E-state index in [0.29, 0.717) is 12.0 Å². The number of aliphatic imine (C=N–C) groups is 1. The fourth-order valence-electron chi connectivity index (χ4n) is 1.40. The van der Waals surface area contributed by atoms with E-state index in [-0.39, 0.29) is 0 Å². The Morgan fingerprint density at radius 3 is 2.93 bits per heavy atom. The highest BCUT2D eigenvalue weighted by Gasteiger charge is 2.22. The summed E-state index contributed by atoms with van der Waals surface area (Å²) >= 11 is 1.85. The van der Waals surface area contributed by atoms with Crippen molar-refractivity contribution < 1.29 is 4.74 Å². The maximum atomic E-state index is 4.99. The van der Waals surface area contributed by atoms with Crippen molar-refractivity contribution in [2.75, 3.05) is 26.0 Å². The third kappa shape index (κ3) is 4.89. The van der Waals surface area contributed by atoms with Gasteiger partial charge < -0.3 is 10.1 Å². The third-order valence-corrected chi connectivity index (χ3v) is 3.57. The molecule has 1 N–H and O–H groups in total. The van der Waals surface area contributed by atoms with Gasteiger partial charge in [-0.3, -0.25) is 4.99 Å². The van der Waals surface area contributed by atoms with Crippen LogP contribution in [0.1, 0.15) is 26.7 Å². The summed E-state index contributed by atoms with van der Waals surface area (Å²) in [6.45, 7) is 6.27. The van der Waals surface area contributed by atoms with Gasteiger partial charge in [0.15, 0.2) is 5.17 Å². The Morgan fingerprint density at radius 1 is 1.53 bits per heavy atom. The standard InChI is InChI=1S/C11H22N2OS/c1-9(2)10-8-15-11(13-10)12-6-4-5-7-14-3/h9-10H,4-8H2,1-3H3,(H,12,13)/t10-/m1/s1. The molecule has 0 amide bonds. The first-order valence-corrected chi connectivity index (χ1v) is 6.65. The molecule has 88 valence electrons. The number of nitrogens with zero attached hydrogens (tertiary/aromatic N) is 1. The first-order chi connectivity index (χ1) is 7.24. The molecule has 1 aliphatic rings. The summed E-state index contributed by atoms with van der Waals surface area (Å²) in [6.07, 6.45) is 2.22. The Bertz CT molecular complexity index is 207. The van der Waals surface area contributed by atoms with Crippen LogP contribution in [0.3, 0.4) is 0 Å². The summed E-state index contributed by atoms with van der Waals surface area (Å²) < 4.78 is 4.99. The van der Waals surface area contributed by atoms with Gasteiger partial charge in [0.05, 0.1) is 0 Å². The first kappa shape index (κ1) is 12.8. The molecule has 0 saturated carbocycles. The molecule has 1 rings (SSSR count). The second-order valence-corrected chi connectivity index (χ2v) is 5.20. The molecular formula is C11H22N2OS. The monoisotopic (exact) mass is 230 g/mol. The molecule has 0 aliphatic carbocycles. The molecule has 3 nitrogen and oxygen atoms in total. The van der Waals surface area contributed by atoms with E-state index in [0.717, 1.165) is 36.9 Å². The topological polar surface area (TPSA) is 33.6 Å². The SMILES string of the molecule is COCCCCN=C1N[C@@H](C(C)C)CS1. The van der Waals surface area contributed by atoms with Crippen LogP contribution >= 0.6 is 11.8 Å². The van der Waals surface area contributed by atoms with Crippen LogP contribution in [-0.4, -0.2) is 37.2 Å². The van der Waals surface area contributed by atoms with Gasteiger partial charge in [-0.1, -0.05) is 25.6 Å². The number of methoxy groups -OCH3 is 1. The number of thioether (sulfide) groups is 1. The first-order valence-electron chi connectivity index (χ1n) is 5.66. The summed E-state index contributed by atoms with van der Waals surface area (Å²) in [5.74, 6) is 1.85. The molecule has 0 unspecified atom stereocenters. The van der Waals surface area contributed by atoms with E-state index < -0.39 is 0 Å². The van der Waals surface area contributed by atoms with E-state index >= 15 is 0 Å². The maximum Gasteiger partial charge on any atom is 0.156 e. The van der Waals surface area contributed by atoms with Gasteiger partial charge in [-0.15, -0.1) is 0 Å². The molecule has 0 bridgehead atoms. The molecule has 0 aromatic rings. The van der Waals surface area contributed by atoms with E-state index in [4.69, 9.17) is 4.74 Å². The van der Waals surface area contributed by atoms with Crippen molar-refractivity contribution in [3.63, 3.8) is 0 Å². The second-order valence-electron chi connectivity index (χ2n) is 4.19. The highest BCUT2D eigenvalue weighted by Crippen LogP contribution is 2.18. The van der Waals surface area contributed by atoms with Crippen molar-refractivity contribution >= 4 is 16.9 Å². The molecule has 1 aliphatic heterocycles. The number of unbranched alkanes of at least 4 members (excludes halogenated alkanes) is 1. The number of rotatable bonds is 6. The van der Waals surface area contributed by atoms with E-state index in [1.165, 1.54) is 0 Å². The fraction of sp³-hybridized carbons (Fsp3) is 0.909. The van der Waals surface area contributed by atoms with Gasteiger partial charge in [-0.25, -0.2) is 0 Å². The van der Waals surface area contributed by atoms with Crippen LogP contribution in [0.2, 0.25) is 0 Å². The van der Waals surface area contributed by atoms with Crippen molar-refractivity contribution in [2.45, 2.75) is 32.7 Å². The fourth-order valence-corrected chi connectivity index (χ4v) is 2.62. The number of hydrogen-bond acceptors (Lipinski definition) is 3. The third-order valence-electron chi connectivity index (χ3n) is 2.53. The Hall–Kier alpha value is -0.220. The summed E-state index contributed by atoms with van der Waals surface area (Å²) in [7, 11) is 1.74. The van der Waals surface area contributed by atoms with E-state index in [1.54, 1.807) is 7.11 Å². The van der Waals surface area contributed by atoms with Gasteiger partial charge in [0.1, 0.15) is 0 Å². The van der Waals surface area contributed by atoms with E-state index in [9.17, 15) is 0 Å². The van der Waals surface area contributed by atoms with Gasteiger partial charge >= 0.3 is 0 Å². The van der Waals surface area contributed by atoms with Crippen LogP contribution in [0.5, 0.6) is 0 Å². The van der Waals surface area contributed by atoms with E-state index in [1.807, 2.05) is 11.8 Å². The molecule has 0 radical (unpaired) electrons. The molecule has 1 atom stereocenters. The minimum Gasteiger partial charge on any atom is -0.385 e. The van der Waals surface area contributed by atoms with Gasteiger partial charge in [0.25, 0.3) is 0 Å². The van der Waals surface area contributed by atoms with Crippen LogP contribution in [0.4, 0.5) is 0 Å². The number of hydrogen-bond donors (Lipinski definition) is 1. The Morgan fingerprint density at radius 2 is 2.33 bits per heavy atom. The Kier molecular flexibility index (Phi) is 6.10. The molecule has 0 aromatic heterocycles. The molecule has 1 fully saturated rings. The van der Waals surface area contributed by atoms with Gasteiger partial charge in [0.2, 0.25) is 0 Å². The van der Waals surface area contributed by atoms with E-state index in [2.05, 4.69) is 24.2 Å². The minimum atomic E-state index is 0.604. The van der Waals surface area contributed by atoms with Crippen LogP contribution in [0.15, 0.2) is 4.99 Å². The lowest BCUT2D eigenvalue weighted by atomic mass is 10.1. The van der Waals surface area contributed by atoms with Gasteiger partial charge in [-0.05, 0) is 18.8 Å². The van der Waals surface area contributed by atoms with Crippen molar-refractivity contribution in [2.24, 2.45) is 10.9 Å². The smallest absolute Gasteiger partial charge is 0.156 e. The van der Waals surface area contributed by atoms with Gasteiger partial charge in [-0.2, -0.15) is 0 Å². The average molecular weight is 230 g/mol. The Balaban J connectivity index is 2.13. The summed E-state index contributed by atoms with van der Waals surface area (Å²) in [6, 6.07) is 0.604. The van der Waals surface area contributed by atoms with Gasteiger partial charge in [0, 0.05) is 32.1 Å².